The number of hydrogen-bond donors (Lipinski definition) is 1. The maximum atomic E-state index is 12.7. The van der Waals surface area contributed by atoms with E-state index in [-0.39, 0.29) is 11.3 Å². The van der Waals surface area contributed by atoms with Crippen molar-refractivity contribution in [2.75, 3.05) is 19.5 Å². The van der Waals surface area contributed by atoms with E-state index in [1.54, 1.807) is 7.11 Å². The van der Waals surface area contributed by atoms with Crippen molar-refractivity contribution in [1.82, 2.24) is 0 Å². The molecule has 2 aromatic carbocycles. The molecule has 0 fully saturated rings. The quantitative estimate of drug-likeness (QED) is 0.855. The molecule has 0 amide bonds. The summed E-state index contributed by atoms with van der Waals surface area (Å²) in [4.78, 5) is 0. The smallest absolute Gasteiger partial charge is 0.0790 e. The molecule has 0 aliphatic carbocycles. The Balaban J connectivity index is 2.30. The van der Waals surface area contributed by atoms with Crippen molar-refractivity contribution < 1.29 is 8.95 Å². The summed E-state index contributed by atoms with van der Waals surface area (Å²) in [5, 5.41) is -0.233. The van der Waals surface area contributed by atoms with Crippen LogP contribution in [-0.2, 0) is 15.5 Å². The van der Waals surface area contributed by atoms with Crippen molar-refractivity contribution in [2.24, 2.45) is 5.73 Å². The minimum absolute atomic E-state index is 0.233. The summed E-state index contributed by atoms with van der Waals surface area (Å²) in [6.45, 7) is 0.470. The Bertz CT molecular complexity index is 560. The summed E-state index contributed by atoms with van der Waals surface area (Å²) in [6.07, 6.45) is 0. The average Bonchev–Trinajstić information content (AvgIpc) is 2.55. The molecular weight excluding hydrogens is 282 g/mol. The molecule has 0 bridgehead atoms. The number of hydrogen-bond acceptors (Lipinski definition) is 3. The molecule has 0 aromatic heterocycles. The van der Waals surface area contributed by atoms with Gasteiger partial charge in [-0.15, -0.1) is 0 Å². The highest BCUT2D eigenvalue weighted by atomic mass is 32.2. The van der Waals surface area contributed by atoms with Gasteiger partial charge in [0.05, 0.1) is 11.9 Å². The van der Waals surface area contributed by atoms with E-state index < -0.39 is 10.8 Å². The van der Waals surface area contributed by atoms with Crippen LogP contribution in [0.15, 0.2) is 60.7 Å². The van der Waals surface area contributed by atoms with Crippen LogP contribution in [0.3, 0.4) is 0 Å². The Morgan fingerprint density at radius 3 is 2.05 bits per heavy atom. The zero-order valence-corrected chi connectivity index (χ0v) is 13.0. The lowest BCUT2D eigenvalue weighted by molar-refractivity contribution is 0.217. The first kappa shape index (κ1) is 15.9. The van der Waals surface area contributed by atoms with E-state index in [0.717, 1.165) is 11.1 Å². The van der Waals surface area contributed by atoms with E-state index in [0.29, 0.717) is 12.4 Å². The Labute approximate surface area is 128 Å². The van der Waals surface area contributed by atoms with E-state index in [9.17, 15) is 4.21 Å². The first-order valence-corrected chi connectivity index (χ1v) is 8.34. The Morgan fingerprint density at radius 1 is 1.00 bits per heavy atom. The maximum Gasteiger partial charge on any atom is 0.0790 e. The van der Waals surface area contributed by atoms with Crippen LogP contribution in [0.5, 0.6) is 0 Å². The van der Waals surface area contributed by atoms with Gasteiger partial charge in [-0.05, 0) is 11.1 Å². The van der Waals surface area contributed by atoms with Crippen molar-refractivity contribution >= 4 is 10.8 Å². The fourth-order valence-corrected chi connectivity index (χ4v) is 3.84. The minimum atomic E-state index is -1.09. The summed E-state index contributed by atoms with van der Waals surface area (Å²) in [5.74, 6) is 0.483. The molecule has 3 atom stereocenters. The van der Waals surface area contributed by atoms with E-state index in [1.807, 2.05) is 60.7 Å². The summed E-state index contributed by atoms with van der Waals surface area (Å²) in [5.41, 5.74) is 8.41. The molecule has 4 heteroatoms. The molecule has 0 saturated carbocycles. The highest BCUT2D eigenvalue weighted by Gasteiger charge is 2.26. The highest BCUT2D eigenvalue weighted by molar-refractivity contribution is 7.85. The molecule has 112 valence electrons. The van der Waals surface area contributed by atoms with Crippen molar-refractivity contribution in [3.05, 3.63) is 71.8 Å². The Morgan fingerprint density at radius 2 is 1.52 bits per heavy atom. The van der Waals surface area contributed by atoms with E-state index in [2.05, 4.69) is 0 Å². The Kier molecular flexibility index (Phi) is 6.11. The van der Waals surface area contributed by atoms with Crippen molar-refractivity contribution in [3.8, 4) is 0 Å². The fraction of sp³-hybridized carbons (Fsp3) is 0.294. The second-order valence-electron chi connectivity index (χ2n) is 4.85. The molecule has 0 radical (unpaired) electrons. The standard InChI is InChI=1S/C17H21NO2S/c1-20-12-13-21(19)17(15-10-6-3-7-11-15)16(18)14-8-4-2-5-9-14/h2-11,16-17H,12-13,18H2,1H3. The maximum absolute atomic E-state index is 12.7. The number of nitrogens with two attached hydrogens (primary N) is 1. The SMILES string of the molecule is COCCS(=O)C(c1ccccc1)C(N)c1ccccc1. The molecule has 0 aliphatic rings. The number of benzene rings is 2. The normalized spacial score (nSPS) is 15.3. The molecule has 3 nitrogen and oxygen atoms in total. The van der Waals surface area contributed by atoms with Gasteiger partial charge in [-0.3, -0.25) is 4.21 Å². The molecule has 0 spiro atoms. The topological polar surface area (TPSA) is 52.3 Å². The Hall–Kier alpha value is -1.49. The molecule has 0 saturated heterocycles. The van der Waals surface area contributed by atoms with Gasteiger partial charge in [0.25, 0.3) is 0 Å². The highest BCUT2D eigenvalue weighted by Crippen LogP contribution is 2.32. The predicted molar refractivity (Wildman–Crippen MR) is 87.4 cm³/mol. The molecular formula is C17H21NO2S. The monoisotopic (exact) mass is 303 g/mol. The molecule has 0 aliphatic heterocycles. The minimum Gasteiger partial charge on any atom is -0.384 e. The van der Waals surface area contributed by atoms with Crippen LogP contribution < -0.4 is 5.73 Å². The van der Waals surface area contributed by atoms with Crippen LogP contribution in [0.2, 0.25) is 0 Å². The zero-order chi connectivity index (χ0) is 15.1. The van der Waals surface area contributed by atoms with E-state index in [1.165, 1.54) is 0 Å². The average molecular weight is 303 g/mol. The number of ether oxygens (including phenoxy) is 1. The van der Waals surface area contributed by atoms with Crippen LogP contribution in [0.4, 0.5) is 0 Å². The molecule has 2 aromatic rings. The predicted octanol–water partition coefficient (Wildman–Crippen LogP) is 2.82. The second-order valence-corrected chi connectivity index (χ2v) is 6.52. The van der Waals surface area contributed by atoms with Crippen LogP contribution in [0, 0.1) is 0 Å². The third-order valence-electron chi connectivity index (χ3n) is 3.41. The second kappa shape index (κ2) is 8.08. The van der Waals surface area contributed by atoms with Crippen molar-refractivity contribution in [3.63, 3.8) is 0 Å². The lowest BCUT2D eigenvalue weighted by Gasteiger charge is -2.24. The van der Waals surface area contributed by atoms with E-state index >= 15 is 0 Å². The van der Waals surface area contributed by atoms with Gasteiger partial charge in [-0.1, -0.05) is 60.7 Å². The molecule has 21 heavy (non-hydrogen) atoms. The largest absolute Gasteiger partial charge is 0.384 e. The van der Waals surface area contributed by atoms with Gasteiger partial charge in [-0.2, -0.15) is 0 Å². The number of methoxy groups -OCH3 is 1. The zero-order valence-electron chi connectivity index (χ0n) is 12.1. The third-order valence-corrected chi connectivity index (χ3v) is 5.11. The first-order chi connectivity index (χ1) is 10.2. The van der Waals surface area contributed by atoms with Crippen molar-refractivity contribution in [2.45, 2.75) is 11.3 Å². The first-order valence-electron chi connectivity index (χ1n) is 6.95. The molecule has 2 N–H and O–H groups in total. The third kappa shape index (κ3) is 4.24. The van der Waals surface area contributed by atoms with Crippen LogP contribution >= 0.6 is 0 Å². The van der Waals surface area contributed by atoms with Gasteiger partial charge >= 0.3 is 0 Å². The van der Waals surface area contributed by atoms with Gasteiger partial charge in [0.1, 0.15) is 0 Å². The summed E-state index contributed by atoms with van der Waals surface area (Å²) in [6, 6.07) is 19.3. The number of rotatable bonds is 7. The van der Waals surface area contributed by atoms with Gasteiger partial charge in [-0.25, -0.2) is 0 Å². The van der Waals surface area contributed by atoms with E-state index in [4.69, 9.17) is 10.5 Å². The van der Waals surface area contributed by atoms with Gasteiger partial charge in [0, 0.05) is 29.7 Å². The summed E-state index contributed by atoms with van der Waals surface area (Å²) >= 11 is 0. The van der Waals surface area contributed by atoms with Gasteiger partial charge in [0.2, 0.25) is 0 Å². The lowest BCUT2D eigenvalue weighted by Crippen LogP contribution is -2.25. The van der Waals surface area contributed by atoms with Crippen LogP contribution in [-0.4, -0.2) is 23.7 Å². The fourth-order valence-electron chi connectivity index (χ4n) is 2.31. The molecule has 2 rings (SSSR count). The van der Waals surface area contributed by atoms with Crippen LogP contribution in [0.1, 0.15) is 22.4 Å². The molecule has 0 heterocycles. The summed E-state index contributed by atoms with van der Waals surface area (Å²) < 4.78 is 17.7. The summed E-state index contributed by atoms with van der Waals surface area (Å²) in [7, 11) is 0.528. The van der Waals surface area contributed by atoms with Gasteiger partial charge in [0.15, 0.2) is 0 Å². The van der Waals surface area contributed by atoms with Crippen LogP contribution in [0.25, 0.3) is 0 Å². The lowest BCUT2D eigenvalue weighted by atomic mass is 9.99. The van der Waals surface area contributed by atoms with Gasteiger partial charge < -0.3 is 10.5 Å². The molecule has 3 unspecified atom stereocenters. The van der Waals surface area contributed by atoms with Crippen molar-refractivity contribution in [1.29, 1.82) is 0 Å².